The number of rotatable bonds is 5. The number of nitrogens with zero attached hydrogens (tertiary/aromatic N) is 2. The van der Waals surface area contributed by atoms with Crippen LogP contribution in [0.15, 0.2) is 35.5 Å². The van der Waals surface area contributed by atoms with Crippen LogP contribution in [0.1, 0.15) is 12.0 Å². The van der Waals surface area contributed by atoms with E-state index in [-0.39, 0.29) is 18.2 Å². The van der Waals surface area contributed by atoms with Crippen LogP contribution >= 0.6 is 0 Å². The number of amidine groups is 1. The summed E-state index contributed by atoms with van der Waals surface area (Å²) in [7, 11) is 1.70. The number of amides is 1. The van der Waals surface area contributed by atoms with Gasteiger partial charge in [0.2, 0.25) is 5.91 Å². The highest BCUT2D eigenvalue weighted by Gasteiger charge is 2.10. The molecule has 0 atom stereocenters. The summed E-state index contributed by atoms with van der Waals surface area (Å²) in [6.07, 6.45) is 0.737. The van der Waals surface area contributed by atoms with Crippen LogP contribution in [0.25, 0.3) is 0 Å². The molecule has 1 rings (SSSR count). The first-order chi connectivity index (χ1) is 8.13. The Balaban J connectivity index is 2.39. The summed E-state index contributed by atoms with van der Waals surface area (Å²) >= 11 is 0. The van der Waals surface area contributed by atoms with Gasteiger partial charge in [-0.2, -0.15) is 0 Å². The summed E-state index contributed by atoms with van der Waals surface area (Å²) in [5, 5.41) is 11.1. The van der Waals surface area contributed by atoms with Crippen molar-refractivity contribution in [2.45, 2.75) is 12.8 Å². The second-order valence-electron chi connectivity index (χ2n) is 3.82. The summed E-state index contributed by atoms with van der Waals surface area (Å²) in [6, 6.07) is 9.92. The molecule has 0 bridgehead atoms. The molecule has 5 heteroatoms. The van der Waals surface area contributed by atoms with E-state index in [1.807, 2.05) is 30.3 Å². The molecule has 0 heterocycles. The Labute approximate surface area is 101 Å². The maximum atomic E-state index is 11.6. The summed E-state index contributed by atoms with van der Waals surface area (Å²) in [4.78, 5) is 13.2. The second kappa shape index (κ2) is 6.52. The van der Waals surface area contributed by atoms with E-state index in [4.69, 9.17) is 10.9 Å². The molecule has 0 radical (unpaired) electrons. The largest absolute Gasteiger partial charge is 0.409 e. The fourth-order valence-corrected chi connectivity index (χ4v) is 1.39. The van der Waals surface area contributed by atoms with Crippen molar-refractivity contribution in [2.75, 3.05) is 13.6 Å². The van der Waals surface area contributed by atoms with Crippen molar-refractivity contribution < 1.29 is 10.0 Å². The molecule has 3 N–H and O–H groups in total. The molecule has 92 valence electrons. The smallest absolute Gasteiger partial charge is 0.230 e. The van der Waals surface area contributed by atoms with Gasteiger partial charge in [0, 0.05) is 13.6 Å². The van der Waals surface area contributed by atoms with Crippen LogP contribution in [-0.4, -0.2) is 35.4 Å². The lowest BCUT2D eigenvalue weighted by atomic mass is 10.1. The standard InChI is InChI=1S/C12H17N3O2/c1-15(12(16)9-11(13)14-17)8-7-10-5-3-2-4-6-10/h2-6,17H,7-9H2,1H3,(H2,13,14). The number of hydrogen-bond acceptors (Lipinski definition) is 3. The van der Waals surface area contributed by atoms with Crippen molar-refractivity contribution >= 4 is 11.7 Å². The fraction of sp³-hybridized carbons (Fsp3) is 0.333. The minimum atomic E-state index is -0.156. The lowest BCUT2D eigenvalue weighted by molar-refractivity contribution is -0.128. The van der Waals surface area contributed by atoms with E-state index in [0.29, 0.717) is 6.54 Å². The zero-order valence-corrected chi connectivity index (χ0v) is 9.84. The minimum Gasteiger partial charge on any atom is -0.409 e. The SMILES string of the molecule is CN(CCc1ccccc1)C(=O)CC(N)=NO. The highest BCUT2D eigenvalue weighted by Crippen LogP contribution is 2.01. The molecular weight excluding hydrogens is 218 g/mol. The maximum Gasteiger partial charge on any atom is 0.230 e. The quantitative estimate of drug-likeness (QED) is 0.343. The first-order valence-electron chi connectivity index (χ1n) is 5.37. The Bertz CT molecular complexity index is 390. The van der Waals surface area contributed by atoms with Crippen LogP contribution in [0.4, 0.5) is 0 Å². The van der Waals surface area contributed by atoms with Gasteiger partial charge in [0.1, 0.15) is 5.84 Å². The number of carbonyl (C=O) groups is 1. The Kier molecular flexibility index (Phi) is 5.00. The predicted molar refractivity (Wildman–Crippen MR) is 65.8 cm³/mol. The lowest BCUT2D eigenvalue weighted by Gasteiger charge is -2.16. The Hall–Kier alpha value is -2.04. The molecule has 5 nitrogen and oxygen atoms in total. The third-order valence-electron chi connectivity index (χ3n) is 2.47. The van der Waals surface area contributed by atoms with Crippen LogP contribution in [0.3, 0.4) is 0 Å². The second-order valence-corrected chi connectivity index (χ2v) is 3.82. The first kappa shape index (κ1) is 13.0. The van der Waals surface area contributed by atoms with Gasteiger partial charge in [-0.25, -0.2) is 0 Å². The maximum absolute atomic E-state index is 11.6. The van der Waals surface area contributed by atoms with Crippen molar-refractivity contribution in [1.29, 1.82) is 0 Å². The normalized spacial score (nSPS) is 11.2. The van der Waals surface area contributed by atoms with E-state index in [0.717, 1.165) is 6.42 Å². The molecule has 0 aliphatic rings. The van der Waals surface area contributed by atoms with E-state index in [2.05, 4.69) is 5.16 Å². The molecule has 0 saturated carbocycles. The molecular formula is C12H17N3O2. The van der Waals surface area contributed by atoms with Gasteiger partial charge >= 0.3 is 0 Å². The van der Waals surface area contributed by atoms with E-state index in [1.54, 1.807) is 11.9 Å². The van der Waals surface area contributed by atoms with Crippen LogP contribution in [-0.2, 0) is 11.2 Å². The van der Waals surface area contributed by atoms with Gasteiger partial charge in [0.05, 0.1) is 6.42 Å². The van der Waals surface area contributed by atoms with Crippen LogP contribution in [0.2, 0.25) is 0 Å². The molecule has 0 aliphatic heterocycles. The Morgan fingerprint density at radius 3 is 2.65 bits per heavy atom. The first-order valence-corrected chi connectivity index (χ1v) is 5.37. The summed E-state index contributed by atoms with van der Waals surface area (Å²) in [5.74, 6) is -0.224. The number of carbonyl (C=O) groups excluding carboxylic acids is 1. The van der Waals surface area contributed by atoms with Crippen molar-refractivity contribution in [3.05, 3.63) is 35.9 Å². The molecule has 0 saturated heterocycles. The summed E-state index contributed by atoms with van der Waals surface area (Å²) in [5.41, 5.74) is 6.45. The van der Waals surface area contributed by atoms with E-state index >= 15 is 0 Å². The Morgan fingerprint density at radius 2 is 2.06 bits per heavy atom. The molecule has 0 fully saturated rings. The molecule has 0 aromatic heterocycles. The van der Waals surface area contributed by atoms with Crippen molar-refractivity contribution in [3.8, 4) is 0 Å². The van der Waals surface area contributed by atoms with Crippen LogP contribution < -0.4 is 5.73 Å². The molecule has 0 unspecified atom stereocenters. The number of benzene rings is 1. The van der Waals surface area contributed by atoms with Gasteiger partial charge < -0.3 is 15.8 Å². The number of oxime groups is 1. The average molecular weight is 235 g/mol. The zero-order valence-electron chi connectivity index (χ0n) is 9.84. The van der Waals surface area contributed by atoms with Crippen molar-refractivity contribution in [2.24, 2.45) is 10.9 Å². The van der Waals surface area contributed by atoms with Gasteiger partial charge in [0.15, 0.2) is 0 Å². The lowest BCUT2D eigenvalue weighted by Crippen LogP contribution is -2.32. The minimum absolute atomic E-state index is 0.0538. The van der Waals surface area contributed by atoms with Crippen molar-refractivity contribution in [3.63, 3.8) is 0 Å². The van der Waals surface area contributed by atoms with E-state index in [1.165, 1.54) is 5.56 Å². The van der Waals surface area contributed by atoms with Gasteiger partial charge in [-0.3, -0.25) is 4.79 Å². The van der Waals surface area contributed by atoms with Gasteiger partial charge in [-0.15, -0.1) is 0 Å². The van der Waals surface area contributed by atoms with E-state index < -0.39 is 0 Å². The molecule has 1 aromatic rings. The average Bonchev–Trinajstić information content (AvgIpc) is 2.36. The zero-order chi connectivity index (χ0) is 12.7. The summed E-state index contributed by atoms with van der Waals surface area (Å²) < 4.78 is 0. The van der Waals surface area contributed by atoms with Gasteiger partial charge in [0.25, 0.3) is 0 Å². The molecule has 17 heavy (non-hydrogen) atoms. The Morgan fingerprint density at radius 1 is 1.41 bits per heavy atom. The number of hydrogen-bond donors (Lipinski definition) is 2. The fourth-order valence-electron chi connectivity index (χ4n) is 1.39. The highest BCUT2D eigenvalue weighted by atomic mass is 16.4. The molecule has 0 aliphatic carbocycles. The number of likely N-dealkylation sites (N-methyl/N-ethyl adjacent to an activating group) is 1. The van der Waals surface area contributed by atoms with Crippen LogP contribution in [0, 0.1) is 0 Å². The predicted octanol–water partition coefficient (Wildman–Crippen LogP) is 0.824. The molecule has 0 spiro atoms. The molecule has 1 amide bonds. The van der Waals surface area contributed by atoms with Gasteiger partial charge in [-0.05, 0) is 12.0 Å². The monoisotopic (exact) mass is 235 g/mol. The topological polar surface area (TPSA) is 78.9 Å². The summed E-state index contributed by atoms with van der Waals surface area (Å²) in [6.45, 7) is 0.613. The number of nitrogens with two attached hydrogens (primary N) is 1. The van der Waals surface area contributed by atoms with Gasteiger partial charge in [-0.1, -0.05) is 35.5 Å². The molecule has 1 aromatic carbocycles. The van der Waals surface area contributed by atoms with Crippen molar-refractivity contribution in [1.82, 2.24) is 4.90 Å². The van der Waals surface area contributed by atoms with Crippen LogP contribution in [0.5, 0.6) is 0 Å². The third kappa shape index (κ3) is 4.55. The third-order valence-corrected chi connectivity index (χ3v) is 2.47. The highest BCUT2D eigenvalue weighted by molar-refractivity contribution is 5.98. The van der Waals surface area contributed by atoms with E-state index in [9.17, 15) is 4.79 Å².